The molecule has 0 aliphatic heterocycles. The number of benzene rings is 1. The Bertz CT molecular complexity index is 695. The van der Waals surface area contributed by atoms with Crippen molar-refractivity contribution in [3.63, 3.8) is 0 Å². The third-order valence-electron chi connectivity index (χ3n) is 3.89. The Morgan fingerprint density at radius 1 is 1.20 bits per heavy atom. The molecule has 2 rings (SSSR count). The maximum atomic E-state index is 12.3. The fraction of sp³-hybridized carbons (Fsp3) is 0.444. The summed E-state index contributed by atoms with van der Waals surface area (Å²) in [6.07, 6.45) is -4.26. The average molecular weight is 370 g/mol. The summed E-state index contributed by atoms with van der Waals surface area (Å²) in [6.45, 7) is 3.70. The van der Waals surface area contributed by atoms with Crippen LogP contribution in [-0.2, 0) is 17.6 Å². The maximum absolute atomic E-state index is 12.3. The maximum Gasteiger partial charge on any atom is 0.390 e. The zero-order valence-corrected chi connectivity index (χ0v) is 15.1. The summed E-state index contributed by atoms with van der Waals surface area (Å²) in [5.41, 5.74) is 2.80. The number of rotatable bonds is 7. The molecule has 0 aliphatic carbocycles. The van der Waals surface area contributed by atoms with Crippen molar-refractivity contribution >= 4 is 17.2 Å². The SMILES string of the molecule is CCc1ccc(-c2nc(CC(=O)N(CC)CCC(F)(F)F)cs2)cc1. The van der Waals surface area contributed by atoms with Gasteiger partial charge in [-0.25, -0.2) is 4.98 Å². The molecule has 1 aromatic heterocycles. The van der Waals surface area contributed by atoms with Crippen molar-refractivity contribution in [1.82, 2.24) is 9.88 Å². The molecule has 0 radical (unpaired) electrons. The predicted octanol–water partition coefficient (Wildman–Crippen LogP) is 4.72. The molecule has 0 fully saturated rings. The second kappa shape index (κ2) is 8.47. The van der Waals surface area contributed by atoms with E-state index in [2.05, 4.69) is 11.9 Å². The lowest BCUT2D eigenvalue weighted by Crippen LogP contribution is -2.35. The van der Waals surface area contributed by atoms with Crippen molar-refractivity contribution in [1.29, 1.82) is 0 Å². The molecule has 0 aliphatic rings. The molecule has 0 spiro atoms. The minimum atomic E-state index is -4.26. The summed E-state index contributed by atoms with van der Waals surface area (Å²) < 4.78 is 37.0. The number of likely N-dealkylation sites (N-methyl/N-ethyl adjacent to an activating group) is 1. The van der Waals surface area contributed by atoms with E-state index in [1.165, 1.54) is 21.8 Å². The van der Waals surface area contributed by atoms with Crippen molar-refractivity contribution in [2.24, 2.45) is 0 Å². The second-order valence-electron chi connectivity index (χ2n) is 5.71. The third-order valence-corrected chi connectivity index (χ3v) is 4.83. The molecule has 3 nitrogen and oxygen atoms in total. The van der Waals surface area contributed by atoms with Gasteiger partial charge in [0.25, 0.3) is 0 Å². The molecule has 1 aromatic carbocycles. The largest absolute Gasteiger partial charge is 0.390 e. The van der Waals surface area contributed by atoms with Crippen LogP contribution in [0.4, 0.5) is 13.2 Å². The Balaban J connectivity index is 2.00. The highest BCUT2D eigenvalue weighted by atomic mass is 32.1. The summed E-state index contributed by atoms with van der Waals surface area (Å²) >= 11 is 1.43. The van der Waals surface area contributed by atoms with E-state index in [0.717, 1.165) is 17.0 Å². The van der Waals surface area contributed by atoms with Gasteiger partial charge in [-0.05, 0) is 18.9 Å². The molecule has 7 heteroatoms. The molecule has 0 N–H and O–H groups in total. The number of thiazole rings is 1. The second-order valence-corrected chi connectivity index (χ2v) is 6.57. The van der Waals surface area contributed by atoms with Crippen LogP contribution in [0.2, 0.25) is 0 Å². The minimum absolute atomic E-state index is 0.0231. The Hall–Kier alpha value is -1.89. The van der Waals surface area contributed by atoms with Crippen LogP contribution in [0.1, 0.15) is 31.5 Å². The molecular formula is C18H21F3N2OS. The number of aromatic nitrogens is 1. The Morgan fingerprint density at radius 2 is 1.88 bits per heavy atom. The number of carbonyl (C=O) groups excluding carboxylic acids is 1. The van der Waals surface area contributed by atoms with Gasteiger partial charge in [-0.1, -0.05) is 31.2 Å². The minimum Gasteiger partial charge on any atom is -0.342 e. The first-order valence-electron chi connectivity index (χ1n) is 8.20. The molecule has 0 atom stereocenters. The van der Waals surface area contributed by atoms with E-state index in [-0.39, 0.29) is 25.4 Å². The summed E-state index contributed by atoms with van der Waals surface area (Å²) in [4.78, 5) is 17.9. The zero-order chi connectivity index (χ0) is 18.4. The monoisotopic (exact) mass is 370 g/mol. The lowest BCUT2D eigenvalue weighted by atomic mass is 10.1. The van der Waals surface area contributed by atoms with E-state index in [0.29, 0.717) is 5.69 Å². The van der Waals surface area contributed by atoms with E-state index in [9.17, 15) is 18.0 Å². The highest BCUT2D eigenvalue weighted by Crippen LogP contribution is 2.25. The molecule has 1 amide bonds. The fourth-order valence-electron chi connectivity index (χ4n) is 2.39. The topological polar surface area (TPSA) is 33.2 Å². The van der Waals surface area contributed by atoms with Gasteiger partial charge in [0, 0.05) is 24.0 Å². The van der Waals surface area contributed by atoms with E-state index >= 15 is 0 Å². The van der Waals surface area contributed by atoms with Crippen LogP contribution in [0.15, 0.2) is 29.6 Å². The van der Waals surface area contributed by atoms with Crippen LogP contribution >= 0.6 is 11.3 Å². The standard InChI is InChI=1S/C18H21F3N2OS/c1-3-13-5-7-14(8-6-13)17-22-15(12-25-17)11-16(24)23(4-2)10-9-18(19,20)21/h5-8,12H,3-4,9-11H2,1-2H3. The van der Waals surface area contributed by atoms with Gasteiger partial charge in [-0.2, -0.15) is 13.2 Å². The van der Waals surface area contributed by atoms with Gasteiger partial charge in [-0.3, -0.25) is 4.79 Å². The van der Waals surface area contributed by atoms with Crippen LogP contribution < -0.4 is 0 Å². The number of hydrogen-bond donors (Lipinski definition) is 0. The van der Waals surface area contributed by atoms with E-state index in [1.807, 2.05) is 24.3 Å². The number of amides is 1. The fourth-order valence-corrected chi connectivity index (χ4v) is 3.22. The normalized spacial score (nSPS) is 11.6. The first-order chi connectivity index (χ1) is 11.8. The number of alkyl halides is 3. The molecule has 0 bridgehead atoms. The molecule has 0 unspecified atom stereocenters. The van der Waals surface area contributed by atoms with Gasteiger partial charge in [0.2, 0.25) is 5.91 Å². The van der Waals surface area contributed by atoms with Crippen molar-refractivity contribution in [3.8, 4) is 10.6 Å². The first kappa shape index (κ1) is 19.4. The molecule has 1 heterocycles. The summed E-state index contributed by atoms with van der Waals surface area (Å²) in [5, 5.41) is 2.60. The average Bonchev–Trinajstić information content (AvgIpc) is 3.03. The predicted molar refractivity (Wildman–Crippen MR) is 93.6 cm³/mol. The number of halogens is 3. The molecule has 25 heavy (non-hydrogen) atoms. The number of aryl methyl sites for hydroxylation is 1. The smallest absolute Gasteiger partial charge is 0.342 e. The molecular weight excluding hydrogens is 349 g/mol. The van der Waals surface area contributed by atoms with Crippen molar-refractivity contribution < 1.29 is 18.0 Å². The van der Waals surface area contributed by atoms with Gasteiger partial charge in [-0.15, -0.1) is 11.3 Å². The third kappa shape index (κ3) is 5.85. The van der Waals surface area contributed by atoms with Crippen LogP contribution in [-0.4, -0.2) is 35.1 Å². The summed E-state index contributed by atoms with van der Waals surface area (Å²) in [5.74, 6) is -0.329. The van der Waals surface area contributed by atoms with Crippen LogP contribution in [0.25, 0.3) is 10.6 Å². The van der Waals surface area contributed by atoms with E-state index < -0.39 is 12.6 Å². The van der Waals surface area contributed by atoms with Gasteiger partial charge < -0.3 is 4.90 Å². The zero-order valence-electron chi connectivity index (χ0n) is 14.3. The summed E-state index contributed by atoms with van der Waals surface area (Å²) in [6, 6.07) is 8.06. The Morgan fingerprint density at radius 3 is 2.44 bits per heavy atom. The Labute approximate surface area is 149 Å². The van der Waals surface area contributed by atoms with E-state index in [1.54, 1.807) is 12.3 Å². The van der Waals surface area contributed by atoms with Gasteiger partial charge in [0.1, 0.15) is 5.01 Å². The highest BCUT2D eigenvalue weighted by Gasteiger charge is 2.28. The molecule has 0 saturated heterocycles. The molecule has 2 aromatic rings. The number of nitrogens with zero attached hydrogens (tertiary/aromatic N) is 2. The lowest BCUT2D eigenvalue weighted by molar-refractivity contribution is -0.144. The molecule has 136 valence electrons. The van der Waals surface area contributed by atoms with Gasteiger partial charge in [0.15, 0.2) is 0 Å². The number of carbonyl (C=O) groups is 1. The molecule has 0 saturated carbocycles. The van der Waals surface area contributed by atoms with Gasteiger partial charge in [0.05, 0.1) is 18.5 Å². The Kier molecular flexibility index (Phi) is 6.58. The number of hydrogen-bond acceptors (Lipinski definition) is 3. The lowest BCUT2D eigenvalue weighted by Gasteiger charge is -2.21. The van der Waals surface area contributed by atoms with Gasteiger partial charge >= 0.3 is 6.18 Å². The van der Waals surface area contributed by atoms with Crippen LogP contribution in [0, 0.1) is 0 Å². The van der Waals surface area contributed by atoms with E-state index in [4.69, 9.17) is 0 Å². The van der Waals surface area contributed by atoms with Crippen LogP contribution in [0.3, 0.4) is 0 Å². The van der Waals surface area contributed by atoms with Crippen molar-refractivity contribution in [2.75, 3.05) is 13.1 Å². The van der Waals surface area contributed by atoms with Crippen LogP contribution in [0.5, 0.6) is 0 Å². The van der Waals surface area contributed by atoms with Crippen molar-refractivity contribution in [2.45, 2.75) is 39.3 Å². The quantitative estimate of drug-likeness (QED) is 0.707. The first-order valence-corrected chi connectivity index (χ1v) is 9.08. The summed E-state index contributed by atoms with van der Waals surface area (Å²) in [7, 11) is 0. The van der Waals surface area contributed by atoms with Crippen molar-refractivity contribution in [3.05, 3.63) is 40.9 Å². The highest BCUT2D eigenvalue weighted by molar-refractivity contribution is 7.13.